The van der Waals surface area contributed by atoms with Gasteiger partial charge in [0.05, 0.1) is 6.20 Å². The minimum Gasteiger partial charge on any atom is -0.285 e. The third-order valence-corrected chi connectivity index (χ3v) is 0.817. The predicted octanol–water partition coefficient (Wildman–Crippen LogP) is 0.970. The van der Waals surface area contributed by atoms with E-state index in [1.54, 1.807) is 31.4 Å². The van der Waals surface area contributed by atoms with E-state index in [4.69, 9.17) is 0 Å². The molecule has 0 aliphatic heterocycles. The Balaban J connectivity index is 2.55. The van der Waals surface area contributed by atoms with Crippen molar-refractivity contribution in [3.8, 4) is 0 Å². The van der Waals surface area contributed by atoms with Crippen molar-refractivity contribution in [2.75, 3.05) is 14.1 Å². The topological polar surface area (TPSA) is 56.6 Å². The Morgan fingerprint density at radius 3 is 2.90 bits per heavy atom. The van der Waals surface area contributed by atoms with Crippen LogP contribution in [0.15, 0.2) is 22.6 Å². The summed E-state index contributed by atoms with van der Waals surface area (Å²) in [5.41, 5.74) is 0. The molecule has 0 fully saturated rings. The molecule has 0 aliphatic carbocycles. The normalized spacial score (nSPS) is 10.6. The van der Waals surface area contributed by atoms with Gasteiger partial charge in [0, 0.05) is 20.2 Å². The highest BCUT2D eigenvalue weighted by Gasteiger charge is 1.86. The molecule has 0 atom stereocenters. The number of aromatic amines is 1. The highest BCUT2D eigenvalue weighted by atomic mass is 15.5. The number of H-pyrrole nitrogens is 1. The van der Waals surface area contributed by atoms with Gasteiger partial charge in [0.25, 0.3) is 0 Å². The van der Waals surface area contributed by atoms with Crippen molar-refractivity contribution in [2.45, 2.75) is 0 Å². The first-order chi connectivity index (χ1) is 4.79. The summed E-state index contributed by atoms with van der Waals surface area (Å²) in [7, 11) is 3.61. The molecule has 0 amide bonds. The minimum absolute atomic E-state index is 0.661. The highest BCUT2D eigenvalue weighted by molar-refractivity contribution is 5.20. The second-order valence-electron chi connectivity index (χ2n) is 1.98. The lowest BCUT2D eigenvalue weighted by molar-refractivity contribution is 0.408. The Labute approximate surface area is 58.7 Å². The van der Waals surface area contributed by atoms with Crippen molar-refractivity contribution in [1.82, 2.24) is 15.2 Å². The summed E-state index contributed by atoms with van der Waals surface area (Å²) in [4.78, 5) is 0. The van der Waals surface area contributed by atoms with Crippen molar-refractivity contribution < 1.29 is 0 Å². The van der Waals surface area contributed by atoms with E-state index in [-0.39, 0.29) is 0 Å². The fraction of sp³-hybridized carbons (Fsp3) is 0.400. The zero-order valence-electron chi connectivity index (χ0n) is 5.94. The van der Waals surface area contributed by atoms with Crippen LogP contribution >= 0.6 is 0 Å². The van der Waals surface area contributed by atoms with E-state index < -0.39 is 0 Å². The molecule has 54 valence electrons. The molecule has 0 saturated carbocycles. The minimum atomic E-state index is 0.661. The summed E-state index contributed by atoms with van der Waals surface area (Å²) in [5, 5.41) is 15.5. The van der Waals surface area contributed by atoms with Crippen LogP contribution in [-0.2, 0) is 0 Å². The van der Waals surface area contributed by atoms with E-state index in [2.05, 4.69) is 20.5 Å². The molecule has 10 heavy (non-hydrogen) atoms. The van der Waals surface area contributed by atoms with Crippen LogP contribution in [0.1, 0.15) is 0 Å². The number of nitrogens with one attached hydrogen (secondary N) is 1. The van der Waals surface area contributed by atoms with Crippen LogP contribution in [0.2, 0.25) is 0 Å². The van der Waals surface area contributed by atoms with Gasteiger partial charge in [-0.2, -0.15) is 5.10 Å². The summed E-state index contributed by atoms with van der Waals surface area (Å²) in [5.74, 6) is 0.661. The summed E-state index contributed by atoms with van der Waals surface area (Å²) < 4.78 is 0. The van der Waals surface area contributed by atoms with Gasteiger partial charge in [-0.3, -0.25) is 10.1 Å². The van der Waals surface area contributed by atoms with Crippen molar-refractivity contribution in [2.24, 2.45) is 10.3 Å². The second kappa shape index (κ2) is 2.95. The van der Waals surface area contributed by atoms with Crippen molar-refractivity contribution >= 4 is 5.82 Å². The molecule has 1 aromatic rings. The smallest absolute Gasteiger partial charge is 0.172 e. The zero-order valence-corrected chi connectivity index (χ0v) is 5.94. The summed E-state index contributed by atoms with van der Waals surface area (Å²) in [6, 6.07) is 1.74. The Morgan fingerprint density at radius 1 is 1.60 bits per heavy atom. The standard InChI is InChI=1S/C5H9N5/c1-10(2)9-8-5-3-4-6-7-5/h3-4H,1-2H3,(H,6,7). The number of aromatic nitrogens is 2. The third kappa shape index (κ3) is 1.85. The van der Waals surface area contributed by atoms with Crippen LogP contribution < -0.4 is 0 Å². The van der Waals surface area contributed by atoms with E-state index in [1.807, 2.05) is 0 Å². The van der Waals surface area contributed by atoms with Crippen LogP contribution in [0.25, 0.3) is 0 Å². The number of nitrogens with zero attached hydrogens (tertiary/aromatic N) is 4. The van der Waals surface area contributed by atoms with Gasteiger partial charge >= 0.3 is 0 Å². The molecule has 0 radical (unpaired) electrons. The van der Waals surface area contributed by atoms with Crippen molar-refractivity contribution in [3.63, 3.8) is 0 Å². The fourth-order valence-electron chi connectivity index (χ4n) is 0.442. The molecule has 0 aliphatic rings. The quantitative estimate of drug-likeness (QED) is 0.490. The van der Waals surface area contributed by atoms with Crippen LogP contribution in [0.5, 0.6) is 0 Å². The van der Waals surface area contributed by atoms with Gasteiger partial charge in [-0.25, -0.2) is 0 Å². The van der Waals surface area contributed by atoms with Crippen LogP contribution in [0, 0.1) is 0 Å². The summed E-state index contributed by atoms with van der Waals surface area (Å²) >= 11 is 0. The molecule has 5 heteroatoms. The monoisotopic (exact) mass is 139 g/mol. The average Bonchev–Trinajstić information content (AvgIpc) is 2.34. The van der Waals surface area contributed by atoms with E-state index >= 15 is 0 Å². The third-order valence-electron chi connectivity index (χ3n) is 0.817. The van der Waals surface area contributed by atoms with Gasteiger partial charge in [-0.1, -0.05) is 5.22 Å². The van der Waals surface area contributed by atoms with Gasteiger partial charge in [0.1, 0.15) is 0 Å². The molecule has 0 spiro atoms. The van der Waals surface area contributed by atoms with Gasteiger partial charge in [-0.05, 0) is 0 Å². The first-order valence-electron chi connectivity index (χ1n) is 2.87. The number of hydrogen-bond donors (Lipinski definition) is 1. The molecular formula is C5H9N5. The molecule has 5 nitrogen and oxygen atoms in total. The maximum atomic E-state index is 3.80. The molecule has 0 aromatic carbocycles. The Morgan fingerprint density at radius 2 is 2.40 bits per heavy atom. The SMILES string of the molecule is CN(C)N=Nc1ccn[nH]1. The number of rotatable bonds is 2. The van der Waals surface area contributed by atoms with E-state index in [9.17, 15) is 0 Å². The van der Waals surface area contributed by atoms with Crippen LogP contribution in [-0.4, -0.2) is 29.3 Å². The van der Waals surface area contributed by atoms with Crippen LogP contribution in [0.4, 0.5) is 5.82 Å². The van der Waals surface area contributed by atoms with E-state index in [0.717, 1.165) is 0 Å². The molecule has 0 bridgehead atoms. The second-order valence-corrected chi connectivity index (χ2v) is 1.98. The lowest BCUT2D eigenvalue weighted by Gasteiger charge is -1.97. The first kappa shape index (κ1) is 6.73. The van der Waals surface area contributed by atoms with E-state index in [0.29, 0.717) is 5.82 Å². The maximum Gasteiger partial charge on any atom is 0.172 e. The Hall–Kier alpha value is -1.39. The average molecular weight is 139 g/mol. The van der Waals surface area contributed by atoms with Crippen LogP contribution in [0.3, 0.4) is 0 Å². The van der Waals surface area contributed by atoms with Crippen molar-refractivity contribution in [3.05, 3.63) is 12.3 Å². The highest BCUT2D eigenvalue weighted by Crippen LogP contribution is 2.03. The summed E-state index contributed by atoms with van der Waals surface area (Å²) in [6.45, 7) is 0. The van der Waals surface area contributed by atoms with Gasteiger partial charge < -0.3 is 0 Å². The van der Waals surface area contributed by atoms with E-state index in [1.165, 1.54) is 0 Å². The van der Waals surface area contributed by atoms with Crippen molar-refractivity contribution in [1.29, 1.82) is 0 Å². The first-order valence-corrected chi connectivity index (χ1v) is 2.87. The summed E-state index contributed by atoms with van der Waals surface area (Å²) in [6.07, 6.45) is 1.63. The molecular weight excluding hydrogens is 130 g/mol. The van der Waals surface area contributed by atoms with Gasteiger partial charge in [-0.15, -0.1) is 5.11 Å². The fourth-order valence-corrected chi connectivity index (χ4v) is 0.442. The molecule has 0 saturated heterocycles. The molecule has 1 N–H and O–H groups in total. The Kier molecular flexibility index (Phi) is 1.99. The zero-order chi connectivity index (χ0) is 7.40. The van der Waals surface area contributed by atoms with Gasteiger partial charge in [0.2, 0.25) is 0 Å². The molecule has 0 unspecified atom stereocenters. The Bertz CT molecular complexity index is 200. The lowest BCUT2D eigenvalue weighted by atomic mass is 10.7. The molecule has 1 rings (SSSR count). The maximum absolute atomic E-state index is 3.80. The molecule has 1 heterocycles. The molecule has 1 aromatic heterocycles. The van der Waals surface area contributed by atoms with Gasteiger partial charge in [0.15, 0.2) is 5.82 Å². The number of hydrogen-bond acceptors (Lipinski definition) is 3. The lowest BCUT2D eigenvalue weighted by Crippen LogP contribution is -1.98. The largest absolute Gasteiger partial charge is 0.285 e. The predicted molar refractivity (Wildman–Crippen MR) is 36.8 cm³/mol.